The molecular formula is C24H44O5Si. The maximum atomic E-state index is 12.5. The number of rotatable bonds is 12. The van der Waals surface area contributed by atoms with E-state index in [1.54, 1.807) is 0 Å². The van der Waals surface area contributed by atoms with E-state index in [9.17, 15) is 4.79 Å². The number of carbonyl (C=O) groups is 1. The molecule has 0 bridgehead atoms. The summed E-state index contributed by atoms with van der Waals surface area (Å²) in [6.45, 7) is 6.18. The van der Waals surface area contributed by atoms with Gasteiger partial charge >= 0.3 is 14.8 Å². The number of hydrogen-bond acceptors (Lipinski definition) is 5. The predicted octanol–water partition coefficient (Wildman–Crippen LogP) is 5.91. The van der Waals surface area contributed by atoms with E-state index in [1.807, 2.05) is 0 Å². The Labute approximate surface area is 185 Å². The lowest BCUT2D eigenvalue weighted by atomic mass is 9.70. The Balaban J connectivity index is 1.69. The van der Waals surface area contributed by atoms with Gasteiger partial charge in [-0.3, -0.25) is 0 Å². The van der Waals surface area contributed by atoms with E-state index >= 15 is 0 Å². The first-order valence-corrected chi connectivity index (χ1v) is 13.9. The van der Waals surface area contributed by atoms with Crippen molar-refractivity contribution in [2.45, 2.75) is 96.1 Å². The van der Waals surface area contributed by atoms with E-state index in [2.05, 4.69) is 13.5 Å². The van der Waals surface area contributed by atoms with Gasteiger partial charge in [-0.25, -0.2) is 4.79 Å². The van der Waals surface area contributed by atoms with E-state index < -0.39 is 8.80 Å². The lowest BCUT2D eigenvalue weighted by Gasteiger charge is -2.37. The molecule has 0 radical (unpaired) electrons. The monoisotopic (exact) mass is 440 g/mol. The molecule has 0 spiro atoms. The van der Waals surface area contributed by atoms with Crippen molar-refractivity contribution < 1.29 is 22.8 Å². The molecule has 0 aromatic heterocycles. The number of hydrogen-bond donors (Lipinski definition) is 0. The molecule has 5 nitrogen and oxygen atoms in total. The molecule has 2 aliphatic carbocycles. The van der Waals surface area contributed by atoms with E-state index in [0.717, 1.165) is 30.6 Å². The molecule has 0 atom stereocenters. The highest BCUT2D eigenvalue weighted by molar-refractivity contribution is 6.61. The van der Waals surface area contributed by atoms with Crippen molar-refractivity contribution >= 4 is 14.8 Å². The van der Waals surface area contributed by atoms with Crippen LogP contribution in [0, 0.1) is 17.8 Å². The molecule has 2 fully saturated rings. The quantitative estimate of drug-likeness (QED) is 0.163. The summed E-state index contributed by atoms with van der Waals surface area (Å²) in [5.74, 6) is 2.33. The minimum absolute atomic E-state index is 0.0135. The molecule has 174 valence electrons. The number of carbonyl (C=O) groups excluding carboxylic acids is 1. The molecule has 0 saturated heterocycles. The van der Waals surface area contributed by atoms with Crippen LogP contribution in [0.15, 0.2) is 12.2 Å². The van der Waals surface area contributed by atoms with Crippen LogP contribution in [0.2, 0.25) is 6.04 Å². The number of esters is 1. The summed E-state index contributed by atoms with van der Waals surface area (Å²) in [5, 5.41) is 0. The van der Waals surface area contributed by atoms with Gasteiger partial charge in [-0.2, -0.15) is 0 Å². The molecule has 2 aliphatic rings. The molecule has 0 N–H and O–H groups in total. The number of ether oxygens (including phenoxy) is 1. The first-order chi connectivity index (χ1) is 14.5. The van der Waals surface area contributed by atoms with Gasteiger partial charge in [-0.1, -0.05) is 52.0 Å². The van der Waals surface area contributed by atoms with Crippen LogP contribution in [0.25, 0.3) is 0 Å². The molecule has 6 heteroatoms. The Kier molecular flexibility index (Phi) is 11.1. The third kappa shape index (κ3) is 7.47. The fraction of sp³-hybridized carbons (Fsp3) is 0.875. The van der Waals surface area contributed by atoms with Crippen LogP contribution < -0.4 is 0 Å². The molecule has 0 aromatic rings. The van der Waals surface area contributed by atoms with Gasteiger partial charge in [-0.05, 0) is 56.3 Å². The molecule has 0 aliphatic heterocycles. The number of unbranched alkanes of at least 4 members (excludes halogenated alkanes) is 2. The van der Waals surface area contributed by atoms with Crippen LogP contribution in [-0.2, 0) is 22.8 Å². The van der Waals surface area contributed by atoms with Crippen LogP contribution in [0.4, 0.5) is 0 Å². The lowest BCUT2D eigenvalue weighted by molar-refractivity contribution is -0.146. The molecule has 2 rings (SSSR count). The summed E-state index contributed by atoms with van der Waals surface area (Å²) in [4.78, 5) is 12.5. The first-order valence-electron chi connectivity index (χ1n) is 12.0. The summed E-state index contributed by atoms with van der Waals surface area (Å²) in [5.41, 5.74) is 0.371. The van der Waals surface area contributed by atoms with E-state index in [0.29, 0.717) is 5.57 Å². The third-order valence-corrected chi connectivity index (χ3v) is 10.1. The molecule has 0 amide bonds. The second kappa shape index (κ2) is 13.0. The largest absolute Gasteiger partial charge is 0.504 e. The minimum Gasteiger partial charge on any atom is -0.459 e. The summed E-state index contributed by atoms with van der Waals surface area (Å²) >= 11 is 0. The molecule has 0 heterocycles. The molecule has 0 aromatic carbocycles. The second-order valence-corrected chi connectivity index (χ2v) is 12.2. The standard InChI is InChI=1S/C24H44O5Si/c1-6-7-8-9-20-10-12-21(13-11-20)22-14-16-23(17-15-22)29-24(25)19(2)18-30(26-3,27-4)28-5/h20-23H,2,6-18H2,1,3-5H3. The van der Waals surface area contributed by atoms with Gasteiger partial charge in [0.25, 0.3) is 0 Å². The van der Waals surface area contributed by atoms with Gasteiger partial charge in [0, 0.05) is 32.9 Å². The van der Waals surface area contributed by atoms with Gasteiger partial charge < -0.3 is 18.0 Å². The molecule has 2 saturated carbocycles. The van der Waals surface area contributed by atoms with Gasteiger partial charge in [0.1, 0.15) is 6.10 Å². The summed E-state index contributed by atoms with van der Waals surface area (Å²) in [6, 6.07) is 0.256. The molecular weight excluding hydrogens is 396 g/mol. The lowest BCUT2D eigenvalue weighted by Crippen LogP contribution is -2.43. The average Bonchev–Trinajstić information content (AvgIpc) is 2.78. The normalized spacial score (nSPS) is 27.6. The second-order valence-electron chi connectivity index (χ2n) is 9.29. The average molecular weight is 441 g/mol. The van der Waals surface area contributed by atoms with E-state index in [4.69, 9.17) is 18.0 Å². The van der Waals surface area contributed by atoms with Crippen LogP contribution in [0.1, 0.15) is 84.0 Å². The van der Waals surface area contributed by atoms with Crippen molar-refractivity contribution in [3.63, 3.8) is 0 Å². The summed E-state index contributed by atoms with van der Waals surface area (Å²) in [7, 11) is 1.76. The summed E-state index contributed by atoms with van der Waals surface area (Å²) < 4.78 is 21.9. The van der Waals surface area contributed by atoms with Crippen LogP contribution in [0.3, 0.4) is 0 Å². The fourth-order valence-electron chi connectivity index (χ4n) is 5.34. The Bertz CT molecular complexity index is 509. The van der Waals surface area contributed by atoms with Crippen molar-refractivity contribution in [2.75, 3.05) is 21.3 Å². The van der Waals surface area contributed by atoms with Gasteiger partial charge in [0.05, 0.1) is 0 Å². The maximum Gasteiger partial charge on any atom is 0.504 e. The van der Waals surface area contributed by atoms with Crippen LogP contribution >= 0.6 is 0 Å². The van der Waals surface area contributed by atoms with Crippen LogP contribution in [-0.4, -0.2) is 42.2 Å². The molecule has 30 heavy (non-hydrogen) atoms. The smallest absolute Gasteiger partial charge is 0.459 e. The van der Waals surface area contributed by atoms with Gasteiger partial charge in [-0.15, -0.1) is 0 Å². The van der Waals surface area contributed by atoms with Crippen molar-refractivity contribution in [2.24, 2.45) is 17.8 Å². The SMILES string of the molecule is C=C(C[Si](OC)(OC)OC)C(=O)OC1CCC(C2CCC(CCCCC)CC2)CC1. The Hall–Kier alpha value is -0.693. The highest BCUT2D eigenvalue weighted by Gasteiger charge is 2.40. The van der Waals surface area contributed by atoms with Crippen molar-refractivity contribution in [3.05, 3.63) is 12.2 Å². The Morgan fingerprint density at radius 1 is 0.867 bits per heavy atom. The maximum absolute atomic E-state index is 12.5. The third-order valence-electron chi connectivity index (χ3n) is 7.42. The zero-order valence-electron chi connectivity index (χ0n) is 19.8. The zero-order valence-corrected chi connectivity index (χ0v) is 20.8. The van der Waals surface area contributed by atoms with E-state index in [-0.39, 0.29) is 18.1 Å². The topological polar surface area (TPSA) is 54.0 Å². The van der Waals surface area contributed by atoms with Gasteiger partial charge in [0.15, 0.2) is 0 Å². The highest BCUT2D eigenvalue weighted by Crippen LogP contribution is 2.41. The minimum atomic E-state index is -2.86. The Morgan fingerprint density at radius 2 is 1.40 bits per heavy atom. The van der Waals surface area contributed by atoms with Crippen molar-refractivity contribution in [1.82, 2.24) is 0 Å². The van der Waals surface area contributed by atoms with Gasteiger partial charge in [0.2, 0.25) is 0 Å². The zero-order chi connectivity index (χ0) is 22.0. The van der Waals surface area contributed by atoms with Crippen molar-refractivity contribution in [1.29, 1.82) is 0 Å². The molecule has 0 unspecified atom stereocenters. The Morgan fingerprint density at radius 3 is 1.90 bits per heavy atom. The summed E-state index contributed by atoms with van der Waals surface area (Å²) in [6.07, 6.45) is 15.5. The fourth-order valence-corrected chi connectivity index (χ4v) is 6.94. The van der Waals surface area contributed by atoms with E-state index in [1.165, 1.54) is 85.5 Å². The van der Waals surface area contributed by atoms with Crippen molar-refractivity contribution in [3.8, 4) is 0 Å². The highest BCUT2D eigenvalue weighted by atomic mass is 28.4. The first kappa shape index (κ1) is 25.6. The predicted molar refractivity (Wildman–Crippen MR) is 122 cm³/mol. The van der Waals surface area contributed by atoms with Crippen LogP contribution in [0.5, 0.6) is 0 Å².